The maximum Gasteiger partial charge on any atom is 0.221 e. The monoisotopic (exact) mass is 258 g/mol. The number of amides is 1. The van der Waals surface area contributed by atoms with Crippen molar-refractivity contribution >= 4 is 29.0 Å². The van der Waals surface area contributed by atoms with Gasteiger partial charge in [0.05, 0.1) is 0 Å². The van der Waals surface area contributed by atoms with E-state index in [0.29, 0.717) is 0 Å². The standard InChI is InChI=1S/C14H14N2OS/c1-10(17)16-11-6-8-12(9-7-11)18-14-5-3-2-4-13(14)15/h2-9H,15H2,1H3,(H,16,17). The first kappa shape index (κ1) is 12.5. The van der Waals surface area contributed by atoms with Crippen molar-refractivity contribution in [3.05, 3.63) is 48.5 Å². The summed E-state index contributed by atoms with van der Waals surface area (Å²) in [5, 5.41) is 2.73. The van der Waals surface area contributed by atoms with Crippen molar-refractivity contribution in [2.45, 2.75) is 16.7 Å². The fourth-order valence-electron chi connectivity index (χ4n) is 1.51. The van der Waals surface area contributed by atoms with Crippen molar-refractivity contribution in [3.63, 3.8) is 0 Å². The number of benzene rings is 2. The SMILES string of the molecule is CC(=O)Nc1ccc(Sc2ccccc2N)cc1. The van der Waals surface area contributed by atoms with E-state index >= 15 is 0 Å². The highest BCUT2D eigenvalue weighted by atomic mass is 32.2. The first-order chi connectivity index (χ1) is 8.65. The van der Waals surface area contributed by atoms with Crippen LogP contribution in [0.3, 0.4) is 0 Å². The van der Waals surface area contributed by atoms with Gasteiger partial charge in [-0.25, -0.2) is 0 Å². The maximum atomic E-state index is 10.9. The van der Waals surface area contributed by atoms with Gasteiger partial charge in [0.25, 0.3) is 0 Å². The van der Waals surface area contributed by atoms with Crippen LogP contribution in [0, 0.1) is 0 Å². The minimum atomic E-state index is -0.0669. The number of carbonyl (C=O) groups excluding carboxylic acids is 1. The van der Waals surface area contributed by atoms with Crippen LogP contribution in [0.5, 0.6) is 0 Å². The van der Waals surface area contributed by atoms with Gasteiger partial charge in [-0.05, 0) is 36.4 Å². The average Bonchev–Trinajstić information content (AvgIpc) is 2.34. The summed E-state index contributed by atoms with van der Waals surface area (Å²) in [5.41, 5.74) is 7.46. The number of nitrogens with two attached hydrogens (primary N) is 1. The molecular weight excluding hydrogens is 244 g/mol. The molecule has 4 heteroatoms. The van der Waals surface area contributed by atoms with Crippen LogP contribution in [0.4, 0.5) is 11.4 Å². The summed E-state index contributed by atoms with van der Waals surface area (Å²) < 4.78 is 0. The molecule has 2 aromatic carbocycles. The minimum Gasteiger partial charge on any atom is -0.398 e. The molecule has 1 amide bonds. The molecule has 2 aromatic rings. The highest BCUT2D eigenvalue weighted by Crippen LogP contribution is 2.32. The number of nitrogens with one attached hydrogen (secondary N) is 1. The Hall–Kier alpha value is -1.94. The largest absolute Gasteiger partial charge is 0.398 e. The lowest BCUT2D eigenvalue weighted by Gasteiger charge is -2.06. The first-order valence-electron chi connectivity index (χ1n) is 5.55. The third-order valence-corrected chi connectivity index (χ3v) is 3.42. The van der Waals surface area contributed by atoms with E-state index in [1.807, 2.05) is 48.5 Å². The number of anilines is 2. The van der Waals surface area contributed by atoms with Crippen molar-refractivity contribution in [1.29, 1.82) is 0 Å². The molecule has 18 heavy (non-hydrogen) atoms. The third kappa shape index (κ3) is 3.28. The molecule has 0 fully saturated rings. The second kappa shape index (κ2) is 5.60. The van der Waals surface area contributed by atoms with Gasteiger partial charge in [0, 0.05) is 28.1 Å². The summed E-state index contributed by atoms with van der Waals surface area (Å²) in [6.45, 7) is 1.49. The number of hydrogen-bond donors (Lipinski definition) is 2. The predicted octanol–water partition coefficient (Wildman–Crippen LogP) is 3.38. The molecule has 0 aliphatic carbocycles. The molecule has 92 valence electrons. The lowest BCUT2D eigenvalue weighted by atomic mass is 10.3. The molecule has 0 heterocycles. The Morgan fingerprint density at radius 3 is 2.39 bits per heavy atom. The smallest absolute Gasteiger partial charge is 0.221 e. The fraction of sp³-hybridized carbons (Fsp3) is 0.0714. The zero-order chi connectivity index (χ0) is 13.0. The summed E-state index contributed by atoms with van der Waals surface area (Å²) in [6, 6.07) is 15.4. The highest BCUT2D eigenvalue weighted by Gasteiger charge is 2.01. The van der Waals surface area contributed by atoms with Crippen molar-refractivity contribution < 1.29 is 4.79 Å². The molecule has 0 spiro atoms. The second-order valence-electron chi connectivity index (χ2n) is 3.85. The highest BCUT2D eigenvalue weighted by molar-refractivity contribution is 7.99. The number of rotatable bonds is 3. The van der Waals surface area contributed by atoms with E-state index in [1.165, 1.54) is 6.92 Å². The summed E-state index contributed by atoms with van der Waals surface area (Å²) in [6.07, 6.45) is 0. The zero-order valence-corrected chi connectivity index (χ0v) is 10.8. The van der Waals surface area contributed by atoms with Gasteiger partial charge in [-0.2, -0.15) is 0 Å². The Labute approximate surface area is 110 Å². The minimum absolute atomic E-state index is 0.0669. The number of para-hydroxylation sites is 1. The molecule has 0 saturated heterocycles. The van der Waals surface area contributed by atoms with Crippen molar-refractivity contribution in [3.8, 4) is 0 Å². The molecule has 0 aliphatic heterocycles. The Bertz CT molecular complexity index is 552. The van der Waals surface area contributed by atoms with Crippen molar-refractivity contribution in [1.82, 2.24) is 0 Å². The molecular formula is C14H14N2OS. The van der Waals surface area contributed by atoms with E-state index in [-0.39, 0.29) is 5.91 Å². The first-order valence-corrected chi connectivity index (χ1v) is 6.37. The molecule has 0 saturated carbocycles. The molecule has 3 N–H and O–H groups in total. The number of nitrogen functional groups attached to an aromatic ring is 1. The fourth-order valence-corrected chi connectivity index (χ4v) is 2.37. The van der Waals surface area contributed by atoms with Crippen LogP contribution in [0.1, 0.15) is 6.92 Å². The molecule has 2 rings (SSSR count). The quantitative estimate of drug-likeness (QED) is 0.830. The Morgan fingerprint density at radius 1 is 1.11 bits per heavy atom. The van der Waals surface area contributed by atoms with Gasteiger partial charge in [0.1, 0.15) is 0 Å². The van der Waals surface area contributed by atoms with Crippen LogP contribution in [-0.2, 0) is 4.79 Å². The van der Waals surface area contributed by atoms with Crippen LogP contribution in [0.25, 0.3) is 0 Å². The number of hydrogen-bond acceptors (Lipinski definition) is 3. The summed E-state index contributed by atoms with van der Waals surface area (Å²) in [7, 11) is 0. The molecule has 3 nitrogen and oxygen atoms in total. The van der Waals surface area contributed by atoms with Gasteiger partial charge in [0.2, 0.25) is 5.91 Å². The molecule has 0 aliphatic rings. The van der Waals surface area contributed by atoms with Crippen LogP contribution in [0.2, 0.25) is 0 Å². The van der Waals surface area contributed by atoms with E-state index in [2.05, 4.69) is 5.32 Å². The Morgan fingerprint density at radius 2 is 1.78 bits per heavy atom. The van der Waals surface area contributed by atoms with Crippen LogP contribution in [0.15, 0.2) is 58.3 Å². The Balaban J connectivity index is 2.11. The average molecular weight is 258 g/mol. The maximum absolute atomic E-state index is 10.9. The molecule has 0 aromatic heterocycles. The van der Waals surface area contributed by atoms with Gasteiger partial charge in [0.15, 0.2) is 0 Å². The van der Waals surface area contributed by atoms with Gasteiger partial charge in [-0.1, -0.05) is 23.9 Å². The lowest BCUT2D eigenvalue weighted by Crippen LogP contribution is -2.05. The van der Waals surface area contributed by atoms with E-state index in [1.54, 1.807) is 11.8 Å². The summed E-state index contributed by atoms with van der Waals surface area (Å²) in [4.78, 5) is 13.0. The van der Waals surface area contributed by atoms with Crippen LogP contribution >= 0.6 is 11.8 Å². The summed E-state index contributed by atoms with van der Waals surface area (Å²) >= 11 is 1.60. The van der Waals surface area contributed by atoms with Crippen molar-refractivity contribution in [2.24, 2.45) is 0 Å². The van der Waals surface area contributed by atoms with Crippen molar-refractivity contribution in [2.75, 3.05) is 11.1 Å². The predicted molar refractivity (Wildman–Crippen MR) is 75.7 cm³/mol. The van der Waals surface area contributed by atoms with Crippen LogP contribution < -0.4 is 11.1 Å². The number of carbonyl (C=O) groups is 1. The lowest BCUT2D eigenvalue weighted by molar-refractivity contribution is -0.114. The third-order valence-electron chi connectivity index (χ3n) is 2.32. The van der Waals surface area contributed by atoms with E-state index in [0.717, 1.165) is 21.2 Å². The van der Waals surface area contributed by atoms with E-state index < -0.39 is 0 Å². The molecule has 0 unspecified atom stereocenters. The topological polar surface area (TPSA) is 55.1 Å². The molecule has 0 bridgehead atoms. The summed E-state index contributed by atoms with van der Waals surface area (Å²) in [5.74, 6) is -0.0669. The zero-order valence-electron chi connectivity index (χ0n) is 10.0. The van der Waals surface area contributed by atoms with Crippen LogP contribution in [-0.4, -0.2) is 5.91 Å². The second-order valence-corrected chi connectivity index (χ2v) is 4.96. The van der Waals surface area contributed by atoms with Gasteiger partial charge in [-0.15, -0.1) is 0 Å². The van der Waals surface area contributed by atoms with E-state index in [4.69, 9.17) is 5.73 Å². The van der Waals surface area contributed by atoms with Gasteiger partial charge in [-0.3, -0.25) is 4.79 Å². The normalized spacial score (nSPS) is 10.1. The Kier molecular flexibility index (Phi) is 3.89. The van der Waals surface area contributed by atoms with Gasteiger partial charge >= 0.3 is 0 Å². The molecule has 0 atom stereocenters. The van der Waals surface area contributed by atoms with E-state index in [9.17, 15) is 4.79 Å². The molecule has 0 radical (unpaired) electrons. The van der Waals surface area contributed by atoms with Gasteiger partial charge < -0.3 is 11.1 Å².